The number of alkyl halides is 1. The van der Waals surface area contributed by atoms with Crippen molar-refractivity contribution in [1.82, 2.24) is 14.5 Å². The van der Waals surface area contributed by atoms with Gasteiger partial charge in [0.2, 0.25) is 0 Å². The van der Waals surface area contributed by atoms with Gasteiger partial charge in [0.25, 0.3) is 10.0 Å². The van der Waals surface area contributed by atoms with Crippen molar-refractivity contribution in [2.24, 2.45) is 12.5 Å². The molecule has 0 bridgehead atoms. The number of halogens is 1. The third kappa shape index (κ3) is 2.78. The van der Waals surface area contributed by atoms with E-state index in [1.54, 1.807) is 7.05 Å². The van der Waals surface area contributed by atoms with Gasteiger partial charge in [0.15, 0.2) is 5.03 Å². The SMILES string of the molecule is Cn1nccc1S(=O)(=O)NCC1(CBr)CCCC1. The van der Waals surface area contributed by atoms with E-state index in [-0.39, 0.29) is 10.4 Å². The monoisotopic (exact) mass is 335 g/mol. The van der Waals surface area contributed by atoms with Gasteiger partial charge in [-0.2, -0.15) is 5.10 Å². The Kier molecular flexibility index (Phi) is 4.13. The van der Waals surface area contributed by atoms with Gasteiger partial charge in [0.05, 0.1) is 6.20 Å². The van der Waals surface area contributed by atoms with Gasteiger partial charge in [-0.3, -0.25) is 4.68 Å². The summed E-state index contributed by atoms with van der Waals surface area (Å²) >= 11 is 3.51. The minimum atomic E-state index is -3.45. The molecule has 1 aliphatic rings. The summed E-state index contributed by atoms with van der Waals surface area (Å²) in [5.41, 5.74) is 0.0751. The summed E-state index contributed by atoms with van der Waals surface area (Å²) in [7, 11) is -1.82. The molecule has 0 aliphatic heterocycles. The van der Waals surface area contributed by atoms with Crippen molar-refractivity contribution in [3.8, 4) is 0 Å². The summed E-state index contributed by atoms with van der Waals surface area (Å²) in [6, 6.07) is 1.51. The zero-order valence-electron chi connectivity index (χ0n) is 10.4. The van der Waals surface area contributed by atoms with Crippen molar-refractivity contribution in [3.63, 3.8) is 0 Å². The minimum absolute atomic E-state index is 0.0751. The van der Waals surface area contributed by atoms with Crippen LogP contribution in [0.25, 0.3) is 0 Å². The summed E-state index contributed by atoms with van der Waals surface area (Å²) in [5, 5.41) is 4.94. The van der Waals surface area contributed by atoms with Crippen molar-refractivity contribution >= 4 is 26.0 Å². The van der Waals surface area contributed by atoms with Gasteiger partial charge in [-0.1, -0.05) is 28.8 Å². The van der Waals surface area contributed by atoms with Crippen LogP contribution in [-0.4, -0.2) is 30.1 Å². The van der Waals surface area contributed by atoms with E-state index in [1.165, 1.54) is 29.8 Å². The summed E-state index contributed by atoms with van der Waals surface area (Å²) in [6.45, 7) is 0.492. The number of rotatable bonds is 5. The maximum absolute atomic E-state index is 12.1. The second-order valence-electron chi connectivity index (χ2n) is 4.96. The fraction of sp³-hybridized carbons (Fsp3) is 0.727. The molecule has 0 atom stereocenters. The quantitative estimate of drug-likeness (QED) is 0.832. The average molecular weight is 336 g/mol. The zero-order valence-corrected chi connectivity index (χ0v) is 12.8. The van der Waals surface area contributed by atoms with Crippen molar-refractivity contribution in [2.45, 2.75) is 30.7 Å². The standard InChI is InChI=1S/C11H18BrN3O2S/c1-15-10(4-7-13-15)18(16,17)14-9-11(8-12)5-2-3-6-11/h4,7,14H,2-3,5-6,8-9H2,1H3. The smallest absolute Gasteiger partial charge is 0.256 e. The fourth-order valence-electron chi connectivity index (χ4n) is 2.43. The molecule has 18 heavy (non-hydrogen) atoms. The van der Waals surface area contributed by atoms with E-state index in [9.17, 15) is 8.42 Å². The Labute approximate surface area is 116 Å². The Morgan fingerprint density at radius 1 is 1.50 bits per heavy atom. The maximum atomic E-state index is 12.1. The average Bonchev–Trinajstić information content (AvgIpc) is 2.96. The molecular formula is C11H18BrN3O2S. The van der Waals surface area contributed by atoms with Crippen molar-refractivity contribution in [3.05, 3.63) is 12.3 Å². The van der Waals surface area contributed by atoms with Crippen LogP contribution in [0.4, 0.5) is 0 Å². The number of sulfonamides is 1. The predicted molar refractivity (Wildman–Crippen MR) is 73.1 cm³/mol. The van der Waals surface area contributed by atoms with Gasteiger partial charge >= 0.3 is 0 Å². The molecule has 0 spiro atoms. The molecule has 7 heteroatoms. The fourth-order valence-corrected chi connectivity index (χ4v) is 4.47. The lowest BCUT2D eigenvalue weighted by atomic mass is 9.89. The van der Waals surface area contributed by atoms with Crippen LogP contribution in [0.1, 0.15) is 25.7 Å². The largest absolute Gasteiger partial charge is 0.257 e. The first kappa shape index (κ1) is 14.0. The van der Waals surface area contributed by atoms with E-state index >= 15 is 0 Å². The van der Waals surface area contributed by atoms with E-state index < -0.39 is 10.0 Å². The van der Waals surface area contributed by atoms with E-state index in [2.05, 4.69) is 25.8 Å². The molecule has 0 unspecified atom stereocenters. The summed E-state index contributed by atoms with van der Waals surface area (Å²) in [4.78, 5) is 0. The molecule has 1 aromatic rings. The molecule has 2 rings (SSSR count). The third-order valence-corrected chi connectivity index (χ3v) is 6.30. The molecule has 0 saturated heterocycles. The Hall–Kier alpha value is -0.400. The molecule has 1 aromatic heterocycles. The zero-order chi connectivity index (χ0) is 13.2. The second-order valence-corrected chi connectivity index (χ2v) is 7.23. The number of aromatic nitrogens is 2. The van der Waals surface area contributed by atoms with E-state index in [4.69, 9.17) is 0 Å². The second kappa shape index (κ2) is 5.30. The molecule has 1 heterocycles. The summed E-state index contributed by atoms with van der Waals surface area (Å²) < 4.78 is 28.4. The topological polar surface area (TPSA) is 64.0 Å². The predicted octanol–water partition coefficient (Wildman–Crippen LogP) is 1.65. The first-order valence-corrected chi connectivity index (χ1v) is 8.63. The lowest BCUT2D eigenvalue weighted by Crippen LogP contribution is -2.37. The van der Waals surface area contributed by atoms with Gasteiger partial charge in [0, 0.05) is 18.9 Å². The van der Waals surface area contributed by atoms with Gasteiger partial charge in [0.1, 0.15) is 0 Å². The number of nitrogens with one attached hydrogen (secondary N) is 1. The molecule has 1 fully saturated rings. The molecule has 5 nitrogen and oxygen atoms in total. The highest BCUT2D eigenvalue weighted by Gasteiger charge is 2.34. The van der Waals surface area contributed by atoms with Gasteiger partial charge in [-0.15, -0.1) is 0 Å². The molecular weight excluding hydrogens is 318 g/mol. The lowest BCUT2D eigenvalue weighted by molar-refractivity contribution is 0.347. The molecule has 1 N–H and O–H groups in total. The van der Waals surface area contributed by atoms with E-state index in [0.29, 0.717) is 6.54 Å². The first-order chi connectivity index (χ1) is 8.49. The summed E-state index contributed by atoms with van der Waals surface area (Å²) in [5.74, 6) is 0. The first-order valence-electron chi connectivity index (χ1n) is 6.03. The van der Waals surface area contributed by atoms with Crippen molar-refractivity contribution in [2.75, 3.05) is 11.9 Å². The molecule has 1 saturated carbocycles. The van der Waals surface area contributed by atoms with Gasteiger partial charge in [-0.25, -0.2) is 13.1 Å². The minimum Gasteiger partial charge on any atom is -0.256 e. The third-order valence-electron chi connectivity index (χ3n) is 3.64. The van der Waals surface area contributed by atoms with Crippen molar-refractivity contribution in [1.29, 1.82) is 0 Å². The normalized spacial score (nSPS) is 19.2. The van der Waals surface area contributed by atoms with Crippen LogP contribution in [0.2, 0.25) is 0 Å². The summed E-state index contributed by atoms with van der Waals surface area (Å²) in [6.07, 6.45) is 6.00. The van der Waals surface area contributed by atoms with Crippen LogP contribution in [0.15, 0.2) is 17.3 Å². The Morgan fingerprint density at radius 2 is 2.17 bits per heavy atom. The van der Waals surface area contributed by atoms with Crippen LogP contribution in [-0.2, 0) is 17.1 Å². The number of nitrogens with zero attached hydrogens (tertiary/aromatic N) is 2. The molecule has 0 amide bonds. The molecule has 0 radical (unpaired) electrons. The van der Waals surface area contributed by atoms with Crippen molar-refractivity contribution < 1.29 is 8.42 Å². The number of hydrogen-bond donors (Lipinski definition) is 1. The lowest BCUT2D eigenvalue weighted by Gasteiger charge is -2.26. The highest BCUT2D eigenvalue weighted by atomic mass is 79.9. The van der Waals surface area contributed by atoms with E-state index in [1.807, 2.05) is 0 Å². The maximum Gasteiger partial charge on any atom is 0.257 e. The number of hydrogen-bond acceptors (Lipinski definition) is 3. The van der Waals surface area contributed by atoms with Crippen LogP contribution < -0.4 is 4.72 Å². The van der Waals surface area contributed by atoms with E-state index in [0.717, 1.165) is 18.2 Å². The Bertz CT molecular complexity index is 506. The number of aryl methyl sites for hydroxylation is 1. The highest BCUT2D eigenvalue weighted by Crippen LogP contribution is 2.39. The Morgan fingerprint density at radius 3 is 2.67 bits per heavy atom. The highest BCUT2D eigenvalue weighted by molar-refractivity contribution is 9.09. The molecule has 0 aromatic carbocycles. The van der Waals surface area contributed by atoms with Crippen LogP contribution >= 0.6 is 15.9 Å². The molecule has 1 aliphatic carbocycles. The van der Waals surface area contributed by atoms with Gasteiger partial charge in [-0.05, 0) is 24.3 Å². The van der Waals surface area contributed by atoms with Crippen LogP contribution in [0.5, 0.6) is 0 Å². The molecule has 102 valence electrons. The van der Waals surface area contributed by atoms with Crippen LogP contribution in [0.3, 0.4) is 0 Å². The van der Waals surface area contributed by atoms with Crippen LogP contribution in [0, 0.1) is 5.41 Å². The van der Waals surface area contributed by atoms with Gasteiger partial charge < -0.3 is 0 Å². The Balaban J connectivity index is 2.08.